The lowest BCUT2D eigenvalue weighted by molar-refractivity contribution is 0.0941. The second-order valence-corrected chi connectivity index (χ2v) is 8.73. The van der Waals surface area contributed by atoms with Gasteiger partial charge in [-0.3, -0.25) is 19.2 Å². The Bertz CT molecular complexity index is 1390. The van der Waals surface area contributed by atoms with Gasteiger partial charge in [-0.05, 0) is 37.6 Å². The Morgan fingerprint density at radius 2 is 2.03 bits per heavy atom. The third-order valence-electron chi connectivity index (χ3n) is 6.28. The molecule has 0 spiro atoms. The molecule has 2 aromatic carbocycles. The number of ether oxygens (including phenoxy) is 2. The molecule has 7 heteroatoms. The van der Waals surface area contributed by atoms with Crippen molar-refractivity contribution in [2.45, 2.75) is 33.9 Å². The van der Waals surface area contributed by atoms with E-state index in [1.54, 1.807) is 24.8 Å². The van der Waals surface area contributed by atoms with Crippen LogP contribution in [0.5, 0.6) is 11.5 Å². The molecule has 0 amide bonds. The molecule has 0 N–H and O–H groups in total. The standard InChI is InChI=1S/C27H28N4O3/c1-17-13-28-18(2)26(29-17)20-11-21-14-30(9-10-34-27(21)25(12-20)33-4)15-22-16-31(19(3)32)24-8-6-5-7-23(22)24/h5-8,11-13,16H,9-10,14-15H2,1-4H3. The van der Waals surface area contributed by atoms with Gasteiger partial charge in [0.2, 0.25) is 5.91 Å². The summed E-state index contributed by atoms with van der Waals surface area (Å²) < 4.78 is 13.6. The van der Waals surface area contributed by atoms with Gasteiger partial charge in [0.05, 0.1) is 29.7 Å². The summed E-state index contributed by atoms with van der Waals surface area (Å²) in [6.45, 7) is 8.22. The van der Waals surface area contributed by atoms with Crippen LogP contribution in [-0.4, -0.2) is 45.6 Å². The van der Waals surface area contributed by atoms with E-state index in [2.05, 4.69) is 22.0 Å². The molecule has 1 aliphatic heterocycles. The molecule has 0 aliphatic carbocycles. The van der Waals surface area contributed by atoms with Crippen molar-refractivity contribution in [2.75, 3.05) is 20.3 Å². The van der Waals surface area contributed by atoms with E-state index in [9.17, 15) is 4.79 Å². The number of methoxy groups -OCH3 is 1. The van der Waals surface area contributed by atoms with Gasteiger partial charge in [-0.1, -0.05) is 18.2 Å². The Morgan fingerprint density at radius 1 is 1.21 bits per heavy atom. The number of hydrogen-bond donors (Lipinski definition) is 0. The summed E-state index contributed by atoms with van der Waals surface area (Å²) in [5, 5.41) is 1.10. The second kappa shape index (κ2) is 8.91. The average molecular weight is 457 g/mol. The summed E-state index contributed by atoms with van der Waals surface area (Å²) in [7, 11) is 1.66. The van der Waals surface area contributed by atoms with Gasteiger partial charge < -0.3 is 9.47 Å². The topological polar surface area (TPSA) is 69.5 Å². The number of carbonyl (C=O) groups excluding carboxylic acids is 1. The highest BCUT2D eigenvalue weighted by molar-refractivity contribution is 5.93. The minimum atomic E-state index is 0.0102. The maximum atomic E-state index is 12.2. The molecule has 0 fully saturated rings. The molecule has 4 aromatic rings. The van der Waals surface area contributed by atoms with Crippen LogP contribution in [0.2, 0.25) is 0 Å². The summed E-state index contributed by atoms with van der Waals surface area (Å²) in [4.78, 5) is 23.7. The van der Waals surface area contributed by atoms with Crippen LogP contribution in [0.4, 0.5) is 0 Å². The summed E-state index contributed by atoms with van der Waals surface area (Å²) in [6.07, 6.45) is 3.74. The van der Waals surface area contributed by atoms with Gasteiger partial charge in [0.25, 0.3) is 0 Å². The number of para-hydroxylation sites is 1. The molecule has 0 saturated carbocycles. The van der Waals surface area contributed by atoms with Gasteiger partial charge in [0.1, 0.15) is 6.61 Å². The maximum absolute atomic E-state index is 12.2. The van der Waals surface area contributed by atoms with Crippen molar-refractivity contribution >= 4 is 16.8 Å². The van der Waals surface area contributed by atoms with Crippen molar-refractivity contribution in [2.24, 2.45) is 0 Å². The highest BCUT2D eigenvalue weighted by Crippen LogP contribution is 2.39. The Labute approximate surface area is 199 Å². The summed E-state index contributed by atoms with van der Waals surface area (Å²) >= 11 is 0. The zero-order valence-corrected chi connectivity index (χ0v) is 20.0. The lowest BCUT2D eigenvalue weighted by Gasteiger charge is -2.19. The molecule has 174 valence electrons. The minimum absolute atomic E-state index is 0.0102. The van der Waals surface area contributed by atoms with Crippen LogP contribution in [-0.2, 0) is 13.1 Å². The predicted octanol–water partition coefficient (Wildman–Crippen LogP) is 4.78. The lowest BCUT2D eigenvalue weighted by atomic mass is 10.0. The van der Waals surface area contributed by atoms with Crippen molar-refractivity contribution in [3.8, 4) is 22.8 Å². The molecular formula is C27H28N4O3. The zero-order valence-electron chi connectivity index (χ0n) is 20.0. The molecule has 3 heterocycles. The summed E-state index contributed by atoms with van der Waals surface area (Å²) in [6, 6.07) is 12.2. The smallest absolute Gasteiger partial charge is 0.227 e. The van der Waals surface area contributed by atoms with Crippen LogP contribution in [0.15, 0.2) is 48.8 Å². The molecule has 0 saturated heterocycles. The highest BCUT2D eigenvalue weighted by atomic mass is 16.5. The van der Waals surface area contributed by atoms with E-state index in [-0.39, 0.29) is 5.91 Å². The molecule has 7 nitrogen and oxygen atoms in total. The van der Waals surface area contributed by atoms with Crippen LogP contribution in [0.1, 0.15) is 34.2 Å². The lowest BCUT2D eigenvalue weighted by Crippen LogP contribution is -2.25. The fourth-order valence-electron chi connectivity index (χ4n) is 4.65. The molecule has 34 heavy (non-hydrogen) atoms. The largest absolute Gasteiger partial charge is 0.493 e. The van der Waals surface area contributed by atoms with Gasteiger partial charge >= 0.3 is 0 Å². The van der Waals surface area contributed by atoms with Crippen molar-refractivity contribution < 1.29 is 14.3 Å². The van der Waals surface area contributed by atoms with Crippen molar-refractivity contribution in [3.05, 3.63) is 71.3 Å². The first kappa shape index (κ1) is 22.1. The number of aryl methyl sites for hydroxylation is 2. The van der Waals surface area contributed by atoms with Gasteiger partial charge in [-0.15, -0.1) is 0 Å². The predicted molar refractivity (Wildman–Crippen MR) is 131 cm³/mol. The second-order valence-electron chi connectivity index (χ2n) is 8.73. The van der Waals surface area contributed by atoms with Gasteiger partial charge in [-0.25, -0.2) is 4.98 Å². The van der Waals surface area contributed by atoms with E-state index in [0.717, 1.165) is 57.0 Å². The Morgan fingerprint density at radius 3 is 2.82 bits per heavy atom. The van der Waals surface area contributed by atoms with Crippen molar-refractivity contribution in [1.29, 1.82) is 0 Å². The summed E-state index contributed by atoms with van der Waals surface area (Å²) in [5.74, 6) is 1.49. The van der Waals surface area contributed by atoms with E-state index in [0.29, 0.717) is 25.4 Å². The zero-order chi connectivity index (χ0) is 23.8. The van der Waals surface area contributed by atoms with Crippen molar-refractivity contribution in [1.82, 2.24) is 19.4 Å². The quantitative estimate of drug-likeness (QED) is 0.440. The number of aromatic nitrogens is 3. The van der Waals surface area contributed by atoms with E-state index in [1.165, 1.54) is 0 Å². The highest BCUT2D eigenvalue weighted by Gasteiger charge is 2.23. The monoisotopic (exact) mass is 456 g/mol. The van der Waals surface area contributed by atoms with E-state index >= 15 is 0 Å². The molecular weight excluding hydrogens is 428 g/mol. The van der Waals surface area contributed by atoms with Crippen molar-refractivity contribution in [3.63, 3.8) is 0 Å². The third-order valence-corrected chi connectivity index (χ3v) is 6.28. The van der Waals surface area contributed by atoms with Gasteiger partial charge in [0, 0.05) is 55.5 Å². The molecule has 5 rings (SSSR count). The first-order valence-electron chi connectivity index (χ1n) is 11.4. The Balaban J connectivity index is 1.52. The Hall–Kier alpha value is -3.71. The van der Waals surface area contributed by atoms with Gasteiger partial charge in [0.15, 0.2) is 11.5 Å². The Kier molecular flexibility index (Phi) is 5.79. The normalized spacial score (nSPS) is 13.9. The SMILES string of the molecule is COc1cc(-c2nc(C)cnc2C)cc2c1OCCN(Cc1cn(C(C)=O)c3ccccc13)C2. The fourth-order valence-corrected chi connectivity index (χ4v) is 4.65. The van der Waals surface area contributed by atoms with Gasteiger partial charge in [-0.2, -0.15) is 0 Å². The fraction of sp³-hybridized carbons (Fsp3) is 0.296. The van der Waals surface area contributed by atoms with Crippen LogP contribution in [0.3, 0.4) is 0 Å². The first-order valence-corrected chi connectivity index (χ1v) is 11.4. The average Bonchev–Trinajstić information content (AvgIpc) is 3.06. The van der Waals surface area contributed by atoms with E-state index in [4.69, 9.17) is 14.5 Å². The molecule has 0 radical (unpaired) electrons. The molecule has 2 aromatic heterocycles. The van der Waals surface area contributed by atoms with Crippen LogP contribution in [0.25, 0.3) is 22.2 Å². The molecule has 0 atom stereocenters. The molecule has 0 unspecified atom stereocenters. The molecule has 0 bridgehead atoms. The minimum Gasteiger partial charge on any atom is -0.493 e. The number of carbonyl (C=O) groups is 1. The maximum Gasteiger partial charge on any atom is 0.227 e. The molecule has 1 aliphatic rings. The first-order chi connectivity index (χ1) is 16.4. The van der Waals surface area contributed by atoms with E-state index < -0.39 is 0 Å². The summed E-state index contributed by atoms with van der Waals surface area (Å²) in [5.41, 5.74) is 6.66. The van der Waals surface area contributed by atoms with Crippen LogP contribution in [0, 0.1) is 13.8 Å². The van der Waals surface area contributed by atoms with E-state index in [1.807, 2.05) is 44.3 Å². The number of nitrogens with zero attached hydrogens (tertiary/aromatic N) is 4. The third kappa shape index (κ3) is 4.03. The number of hydrogen-bond acceptors (Lipinski definition) is 6. The number of benzene rings is 2. The number of fused-ring (bicyclic) bond motifs is 2. The van der Waals surface area contributed by atoms with Crippen LogP contribution >= 0.6 is 0 Å². The van der Waals surface area contributed by atoms with Crippen LogP contribution < -0.4 is 9.47 Å². The number of rotatable bonds is 4.